The quantitative estimate of drug-likeness (QED) is 0.488. The van der Waals surface area contributed by atoms with Crippen LogP contribution in [0.1, 0.15) is 60.9 Å². The van der Waals surface area contributed by atoms with Crippen LogP contribution in [0, 0.1) is 0 Å². The maximum absolute atomic E-state index is 13.7. The molecule has 1 spiro atoms. The van der Waals surface area contributed by atoms with E-state index in [1.54, 1.807) is 17.0 Å². The Balaban J connectivity index is 1.45. The number of hydrogen-bond acceptors (Lipinski definition) is 3. The lowest BCUT2D eigenvalue weighted by molar-refractivity contribution is -0.0412. The zero-order valence-electron chi connectivity index (χ0n) is 18.8. The predicted molar refractivity (Wildman–Crippen MR) is 130 cm³/mol. The standard InChI is InChI=1S/C25H27BrF2N2O3S/c26-19-7-8-22-21(16-19)24(9-2-1-3-10-24)17-30(22)23(31)18-5-4-6-20(15-18)34(32,33)29-13-11-25(27,28)12-14-29/h4-8,15-16H,1-3,9-14,17H2. The summed E-state index contributed by atoms with van der Waals surface area (Å²) in [6.45, 7) is 0.116. The number of carbonyl (C=O) groups excluding carboxylic acids is 1. The normalized spacial score (nSPS) is 22.0. The van der Waals surface area contributed by atoms with Gasteiger partial charge in [-0.05, 0) is 54.8 Å². The van der Waals surface area contributed by atoms with Crippen molar-refractivity contribution in [3.05, 3.63) is 58.1 Å². The van der Waals surface area contributed by atoms with Crippen molar-refractivity contribution in [3.8, 4) is 0 Å². The molecule has 1 amide bonds. The second-order valence-electron chi connectivity index (χ2n) is 9.68. The third-order valence-corrected chi connectivity index (χ3v) is 9.90. The molecule has 1 saturated heterocycles. The van der Waals surface area contributed by atoms with Gasteiger partial charge in [-0.1, -0.05) is 41.3 Å². The molecule has 2 aromatic rings. The highest BCUT2D eigenvalue weighted by Gasteiger charge is 2.45. The summed E-state index contributed by atoms with van der Waals surface area (Å²) in [7, 11) is -3.96. The molecule has 3 aliphatic rings. The number of nitrogens with zero attached hydrogens (tertiary/aromatic N) is 2. The second-order valence-corrected chi connectivity index (χ2v) is 12.5. The first-order valence-corrected chi connectivity index (χ1v) is 13.9. The summed E-state index contributed by atoms with van der Waals surface area (Å²) < 4.78 is 55.4. The molecule has 0 N–H and O–H groups in total. The van der Waals surface area contributed by atoms with Crippen LogP contribution in [0.5, 0.6) is 0 Å². The van der Waals surface area contributed by atoms with Crippen LogP contribution in [0.2, 0.25) is 0 Å². The molecule has 5 nitrogen and oxygen atoms in total. The highest BCUT2D eigenvalue weighted by atomic mass is 79.9. The lowest BCUT2D eigenvalue weighted by Crippen LogP contribution is -2.42. The molecular formula is C25H27BrF2N2O3S. The SMILES string of the molecule is O=C(c1cccc(S(=O)(=O)N2CCC(F)(F)CC2)c1)N1CC2(CCCCC2)c2cc(Br)ccc21. The van der Waals surface area contributed by atoms with E-state index in [9.17, 15) is 22.0 Å². The average molecular weight is 553 g/mol. The summed E-state index contributed by atoms with van der Waals surface area (Å²) in [4.78, 5) is 15.4. The fourth-order valence-corrected chi connectivity index (χ4v) is 7.48. The fourth-order valence-electron chi connectivity index (χ4n) is 5.63. The van der Waals surface area contributed by atoms with E-state index < -0.39 is 28.8 Å². The van der Waals surface area contributed by atoms with Gasteiger partial charge in [-0.25, -0.2) is 17.2 Å². The minimum atomic E-state index is -3.96. The molecule has 2 heterocycles. The van der Waals surface area contributed by atoms with Crippen LogP contribution < -0.4 is 4.90 Å². The van der Waals surface area contributed by atoms with Gasteiger partial charge in [0.1, 0.15) is 0 Å². The van der Waals surface area contributed by atoms with Gasteiger partial charge in [-0.2, -0.15) is 4.31 Å². The van der Waals surface area contributed by atoms with Crippen molar-refractivity contribution in [2.75, 3.05) is 24.5 Å². The second kappa shape index (κ2) is 8.68. The number of fused-ring (bicyclic) bond motifs is 2. The number of carbonyl (C=O) groups is 1. The molecule has 34 heavy (non-hydrogen) atoms. The van der Waals surface area contributed by atoms with Gasteiger partial charge in [0.05, 0.1) is 4.90 Å². The summed E-state index contributed by atoms with van der Waals surface area (Å²) in [6.07, 6.45) is 4.50. The number of benzene rings is 2. The Hall–Kier alpha value is -1.84. The highest BCUT2D eigenvalue weighted by Crippen LogP contribution is 2.50. The van der Waals surface area contributed by atoms with E-state index in [2.05, 4.69) is 22.0 Å². The van der Waals surface area contributed by atoms with Gasteiger partial charge in [0.2, 0.25) is 10.0 Å². The van der Waals surface area contributed by atoms with E-state index in [1.807, 2.05) is 12.1 Å². The summed E-state index contributed by atoms with van der Waals surface area (Å²) in [5.41, 5.74) is 2.26. The van der Waals surface area contributed by atoms with Gasteiger partial charge >= 0.3 is 0 Å². The first-order valence-electron chi connectivity index (χ1n) is 11.7. The molecule has 1 aliphatic carbocycles. The van der Waals surface area contributed by atoms with Crippen molar-refractivity contribution in [2.45, 2.75) is 61.2 Å². The van der Waals surface area contributed by atoms with Crippen molar-refractivity contribution in [1.82, 2.24) is 4.31 Å². The third-order valence-electron chi connectivity index (χ3n) is 7.51. The van der Waals surface area contributed by atoms with Crippen LogP contribution in [0.25, 0.3) is 0 Å². The lowest BCUT2D eigenvalue weighted by atomic mass is 9.71. The predicted octanol–water partition coefficient (Wildman–Crippen LogP) is 5.73. The van der Waals surface area contributed by atoms with Gasteiger partial charge in [-0.3, -0.25) is 4.79 Å². The minimum Gasteiger partial charge on any atom is -0.307 e. The highest BCUT2D eigenvalue weighted by molar-refractivity contribution is 9.10. The molecule has 5 rings (SSSR count). The lowest BCUT2D eigenvalue weighted by Gasteiger charge is -2.34. The van der Waals surface area contributed by atoms with Gasteiger partial charge in [0.25, 0.3) is 11.8 Å². The monoisotopic (exact) mass is 552 g/mol. The van der Waals surface area contributed by atoms with Crippen molar-refractivity contribution < 1.29 is 22.0 Å². The maximum atomic E-state index is 13.7. The fraction of sp³-hybridized carbons (Fsp3) is 0.480. The maximum Gasteiger partial charge on any atom is 0.258 e. The Labute approximate surface area is 207 Å². The van der Waals surface area contributed by atoms with Crippen LogP contribution in [0.4, 0.5) is 14.5 Å². The van der Waals surface area contributed by atoms with Gasteiger partial charge in [-0.15, -0.1) is 0 Å². The van der Waals surface area contributed by atoms with E-state index in [1.165, 1.54) is 24.1 Å². The molecule has 0 unspecified atom stereocenters. The zero-order chi connectivity index (χ0) is 24.1. The van der Waals surface area contributed by atoms with Crippen LogP contribution in [-0.4, -0.2) is 44.2 Å². The van der Waals surface area contributed by atoms with E-state index in [0.717, 1.165) is 40.1 Å². The van der Waals surface area contributed by atoms with Crippen molar-refractivity contribution in [3.63, 3.8) is 0 Å². The Morgan fingerprint density at radius 3 is 2.35 bits per heavy atom. The number of hydrogen-bond donors (Lipinski definition) is 0. The van der Waals surface area contributed by atoms with Crippen molar-refractivity contribution >= 4 is 37.5 Å². The Bertz CT molecular complexity index is 1220. The van der Waals surface area contributed by atoms with Crippen LogP contribution in [-0.2, 0) is 15.4 Å². The number of anilines is 1. The number of rotatable bonds is 3. The first kappa shape index (κ1) is 23.9. The summed E-state index contributed by atoms with van der Waals surface area (Å²) in [5.74, 6) is -3.08. The van der Waals surface area contributed by atoms with E-state index in [-0.39, 0.29) is 34.9 Å². The molecule has 2 aromatic carbocycles. The molecule has 9 heteroatoms. The number of alkyl halides is 2. The van der Waals surface area contributed by atoms with Crippen molar-refractivity contribution in [2.24, 2.45) is 0 Å². The number of amides is 1. The smallest absolute Gasteiger partial charge is 0.258 e. The molecule has 0 aromatic heterocycles. The molecule has 1 saturated carbocycles. The average Bonchev–Trinajstić information content (AvgIpc) is 3.11. The van der Waals surface area contributed by atoms with E-state index >= 15 is 0 Å². The van der Waals surface area contributed by atoms with Gasteiger partial charge < -0.3 is 4.90 Å². The Morgan fingerprint density at radius 1 is 0.941 bits per heavy atom. The van der Waals surface area contributed by atoms with Gasteiger partial charge in [0, 0.05) is 53.6 Å². The molecule has 182 valence electrons. The minimum absolute atomic E-state index is 0.0360. The Kier molecular flexibility index (Phi) is 6.09. The zero-order valence-corrected chi connectivity index (χ0v) is 21.2. The summed E-state index contributed by atoms with van der Waals surface area (Å²) in [6, 6.07) is 12.0. The van der Waals surface area contributed by atoms with Crippen LogP contribution >= 0.6 is 15.9 Å². The summed E-state index contributed by atoms with van der Waals surface area (Å²) >= 11 is 3.57. The molecule has 2 aliphatic heterocycles. The molecular weight excluding hydrogens is 526 g/mol. The molecule has 0 bridgehead atoms. The van der Waals surface area contributed by atoms with Gasteiger partial charge in [0.15, 0.2) is 0 Å². The number of piperidine rings is 1. The molecule has 0 atom stereocenters. The van der Waals surface area contributed by atoms with E-state index in [0.29, 0.717) is 6.54 Å². The van der Waals surface area contributed by atoms with Crippen LogP contribution in [0.15, 0.2) is 51.8 Å². The largest absolute Gasteiger partial charge is 0.307 e. The van der Waals surface area contributed by atoms with Crippen molar-refractivity contribution in [1.29, 1.82) is 0 Å². The third kappa shape index (κ3) is 4.20. The Morgan fingerprint density at radius 2 is 1.65 bits per heavy atom. The van der Waals surface area contributed by atoms with Crippen LogP contribution in [0.3, 0.4) is 0 Å². The first-order chi connectivity index (χ1) is 16.1. The molecule has 2 fully saturated rings. The molecule has 0 radical (unpaired) electrons. The summed E-state index contributed by atoms with van der Waals surface area (Å²) in [5, 5.41) is 0. The van der Waals surface area contributed by atoms with E-state index in [4.69, 9.17) is 0 Å². The number of halogens is 3. The topological polar surface area (TPSA) is 57.7 Å². The number of sulfonamides is 1.